The van der Waals surface area contributed by atoms with E-state index in [9.17, 15) is 4.79 Å². The Labute approximate surface area is 69.4 Å². The van der Waals surface area contributed by atoms with Gasteiger partial charge in [0, 0.05) is 0 Å². The lowest BCUT2D eigenvalue weighted by molar-refractivity contribution is -0.135. The third kappa shape index (κ3) is 3.67. The molecule has 0 N–H and O–H groups in total. The molecule has 0 saturated carbocycles. The molecule has 0 atom stereocenters. The van der Waals surface area contributed by atoms with Gasteiger partial charge in [0.1, 0.15) is 0 Å². The number of halogens is 1. The number of rotatable bonds is 2. The minimum Gasteiger partial charge on any atom is -0.465 e. The standard InChI is InChI=1S/C7H11BrO2/c1-5(2)4-6(8)7(9)10-3/h4-5H,1-3H3/b6-4+. The van der Waals surface area contributed by atoms with Crippen molar-refractivity contribution in [1.29, 1.82) is 0 Å². The second kappa shape index (κ2) is 4.50. The maximum atomic E-state index is 10.7. The molecule has 0 aromatic heterocycles. The zero-order valence-electron chi connectivity index (χ0n) is 6.35. The Bertz CT molecular complexity index is 150. The van der Waals surface area contributed by atoms with Crippen molar-refractivity contribution in [2.24, 2.45) is 5.92 Å². The number of allylic oxidation sites excluding steroid dienone is 1. The van der Waals surface area contributed by atoms with Crippen LogP contribution in [-0.2, 0) is 9.53 Å². The van der Waals surface area contributed by atoms with Gasteiger partial charge in [-0.25, -0.2) is 4.79 Å². The second-order valence-electron chi connectivity index (χ2n) is 2.25. The zero-order valence-corrected chi connectivity index (χ0v) is 7.94. The first-order chi connectivity index (χ1) is 4.57. The summed E-state index contributed by atoms with van der Waals surface area (Å²) in [6, 6.07) is 0. The van der Waals surface area contributed by atoms with Crippen LogP contribution in [0.15, 0.2) is 10.6 Å². The maximum Gasteiger partial charge on any atom is 0.344 e. The topological polar surface area (TPSA) is 26.3 Å². The van der Waals surface area contributed by atoms with E-state index < -0.39 is 0 Å². The Kier molecular flexibility index (Phi) is 4.36. The van der Waals surface area contributed by atoms with Crippen LogP contribution in [0.4, 0.5) is 0 Å². The van der Waals surface area contributed by atoms with E-state index >= 15 is 0 Å². The van der Waals surface area contributed by atoms with Gasteiger partial charge in [-0.05, 0) is 21.8 Å². The van der Waals surface area contributed by atoms with Gasteiger partial charge in [-0.15, -0.1) is 0 Å². The highest BCUT2D eigenvalue weighted by molar-refractivity contribution is 9.12. The average molecular weight is 207 g/mol. The summed E-state index contributed by atoms with van der Waals surface area (Å²) in [7, 11) is 1.36. The van der Waals surface area contributed by atoms with Gasteiger partial charge < -0.3 is 4.74 Å². The number of methoxy groups -OCH3 is 1. The fourth-order valence-electron chi connectivity index (χ4n) is 0.458. The number of carbonyl (C=O) groups is 1. The average Bonchev–Trinajstić information content (AvgIpc) is 1.85. The summed E-state index contributed by atoms with van der Waals surface area (Å²) < 4.78 is 4.95. The highest BCUT2D eigenvalue weighted by Gasteiger charge is 2.04. The first kappa shape index (κ1) is 9.69. The number of carbonyl (C=O) groups excluding carboxylic acids is 1. The molecule has 0 aromatic rings. The Morgan fingerprint density at radius 3 is 2.40 bits per heavy atom. The van der Waals surface area contributed by atoms with Gasteiger partial charge in [0.25, 0.3) is 0 Å². The molecule has 0 radical (unpaired) electrons. The summed E-state index contributed by atoms with van der Waals surface area (Å²) in [6.07, 6.45) is 1.80. The van der Waals surface area contributed by atoms with Gasteiger partial charge in [-0.2, -0.15) is 0 Å². The van der Waals surface area contributed by atoms with Crippen LogP contribution in [-0.4, -0.2) is 13.1 Å². The number of hydrogen-bond acceptors (Lipinski definition) is 2. The molecule has 0 aromatic carbocycles. The minimum atomic E-state index is -0.325. The van der Waals surface area contributed by atoms with E-state index in [1.807, 2.05) is 13.8 Å². The number of esters is 1. The van der Waals surface area contributed by atoms with Crippen molar-refractivity contribution in [3.63, 3.8) is 0 Å². The van der Waals surface area contributed by atoms with Gasteiger partial charge in [0.2, 0.25) is 0 Å². The minimum absolute atomic E-state index is 0.325. The lowest BCUT2D eigenvalue weighted by Gasteiger charge is -1.98. The molecule has 0 unspecified atom stereocenters. The molecule has 0 aliphatic rings. The third-order valence-electron chi connectivity index (χ3n) is 0.860. The molecular formula is C7H11BrO2. The SMILES string of the molecule is COC(=O)/C(Br)=C\C(C)C. The normalized spacial score (nSPS) is 11.9. The molecule has 10 heavy (non-hydrogen) atoms. The molecule has 0 rings (SSSR count). The van der Waals surface area contributed by atoms with Crippen LogP contribution in [0.2, 0.25) is 0 Å². The van der Waals surface area contributed by atoms with Gasteiger partial charge >= 0.3 is 5.97 Å². The Hall–Kier alpha value is -0.310. The van der Waals surface area contributed by atoms with Crippen LogP contribution in [0, 0.1) is 5.92 Å². The molecule has 0 heterocycles. The van der Waals surface area contributed by atoms with Crippen LogP contribution in [0.1, 0.15) is 13.8 Å². The third-order valence-corrected chi connectivity index (χ3v) is 1.45. The van der Waals surface area contributed by atoms with Gasteiger partial charge in [0.05, 0.1) is 11.6 Å². The first-order valence-corrected chi connectivity index (χ1v) is 3.83. The molecule has 58 valence electrons. The Morgan fingerprint density at radius 2 is 2.10 bits per heavy atom. The summed E-state index contributed by atoms with van der Waals surface area (Å²) in [5.74, 6) is 0.0298. The highest BCUT2D eigenvalue weighted by atomic mass is 79.9. The van der Waals surface area contributed by atoms with Crippen LogP contribution in [0.25, 0.3) is 0 Å². The van der Waals surface area contributed by atoms with E-state index in [4.69, 9.17) is 0 Å². The summed E-state index contributed by atoms with van der Waals surface area (Å²) >= 11 is 3.09. The fourth-order valence-corrected chi connectivity index (χ4v) is 1.15. The van der Waals surface area contributed by atoms with Crippen LogP contribution < -0.4 is 0 Å². The lowest BCUT2D eigenvalue weighted by atomic mass is 10.2. The van der Waals surface area contributed by atoms with Crippen molar-refractivity contribution < 1.29 is 9.53 Å². The van der Waals surface area contributed by atoms with Crippen molar-refractivity contribution in [2.45, 2.75) is 13.8 Å². The molecule has 0 spiro atoms. The molecule has 0 saturated heterocycles. The molecule has 3 heteroatoms. The summed E-state index contributed by atoms with van der Waals surface area (Å²) in [4.78, 5) is 10.7. The van der Waals surface area contributed by atoms with Crippen LogP contribution in [0.3, 0.4) is 0 Å². The molecule has 0 aliphatic carbocycles. The highest BCUT2D eigenvalue weighted by Crippen LogP contribution is 2.10. The van der Waals surface area contributed by atoms with E-state index in [0.717, 1.165) is 0 Å². The largest absolute Gasteiger partial charge is 0.465 e. The number of hydrogen-bond donors (Lipinski definition) is 0. The van der Waals surface area contributed by atoms with Gasteiger partial charge in [-0.3, -0.25) is 0 Å². The van der Waals surface area contributed by atoms with E-state index in [0.29, 0.717) is 10.4 Å². The monoisotopic (exact) mass is 206 g/mol. The van der Waals surface area contributed by atoms with Crippen molar-refractivity contribution in [1.82, 2.24) is 0 Å². The van der Waals surface area contributed by atoms with E-state index in [2.05, 4.69) is 20.7 Å². The Morgan fingerprint density at radius 1 is 1.60 bits per heavy atom. The zero-order chi connectivity index (χ0) is 8.15. The predicted octanol–water partition coefficient (Wildman–Crippen LogP) is 2.09. The quantitative estimate of drug-likeness (QED) is 0.511. The van der Waals surface area contributed by atoms with Crippen molar-refractivity contribution in [3.05, 3.63) is 10.6 Å². The van der Waals surface area contributed by atoms with Crippen molar-refractivity contribution in [2.75, 3.05) is 7.11 Å². The molecular weight excluding hydrogens is 196 g/mol. The van der Waals surface area contributed by atoms with E-state index in [1.165, 1.54) is 7.11 Å². The summed E-state index contributed by atoms with van der Waals surface area (Å²) in [5.41, 5.74) is 0. The van der Waals surface area contributed by atoms with Crippen LogP contribution >= 0.6 is 15.9 Å². The van der Waals surface area contributed by atoms with E-state index in [1.54, 1.807) is 6.08 Å². The summed E-state index contributed by atoms with van der Waals surface area (Å²) in [5, 5.41) is 0. The Balaban J connectivity index is 4.05. The predicted molar refractivity (Wildman–Crippen MR) is 43.9 cm³/mol. The molecule has 0 amide bonds. The molecule has 0 aliphatic heterocycles. The van der Waals surface area contributed by atoms with Gasteiger partial charge in [-0.1, -0.05) is 19.9 Å². The summed E-state index contributed by atoms with van der Waals surface area (Å²) in [6.45, 7) is 3.98. The number of ether oxygens (including phenoxy) is 1. The fraction of sp³-hybridized carbons (Fsp3) is 0.571. The van der Waals surface area contributed by atoms with Crippen LogP contribution in [0.5, 0.6) is 0 Å². The molecule has 2 nitrogen and oxygen atoms in total. The lowest BCUT2D eigenvalue weighted by Crippen LogP contribution is -2.00. The first-order valence-electron chi connectivity index (χ1n) is 3.03. The maximum absolute atomic E-state index is 10.7. The van der Waals surface area contributed by atoms with Gasteiger partial charge in [0.15, 0.2) is 0 Å². The smallest absolute Gasteiger partial charge is 0.344 e. The second-order valence-corrected chi connectivity index (χ2v) is 3.10. The van der Waals surface area contributed by atoms with Crippen molar-refractivity contribution >= 4 is 21.9 Å². The van der Waals surface area contributed by atoms with Crippen molar-refractivity contribution in [3.8, 4) is 0 Å². The molecule has 0 bridgehead atoms. The molecule has 0 fully saturated rings. The van der Waals surface area contributed by atoms with E-state index in [-0.39, 0.29) is 5.97 Å².